The van der Waals surface area contributed by atoms with E-state index in [9.17, 15) is 0 Å². The molecule has 0 radical (unpaired) electrons. The quantitative estimate of drug-likeness (QED) is 0.566. The highest BCUT2D eigenvalue weighted by atomic mass is 15.5. The van der Waals surface area contributed by atoms with Crippen LogP contribution in [0.3, 0.4) is 0 Å². The van der Waals surface area contributed by atoms with Crippen LogP contribution < -0.4 is 5.43 Å². The molecule has 0 fully saturated rings. The zero-order valence-corrected chi connectivity index (χ0v) is 8.22. The van der Waals surface area contributed by atoms with E-state index >= 15 is 0 Å². The SMILES string of the molecule is CCCN(CCN(C)C)NC. The van der Waals surface area contributed by atoms with Crippen molar-refractivity contribution in [2.24, 2.45) is 0 Å². The van der Waals surface area contributed by atoms with Gasteiger partial charge in [0.05, 0.1) is 0 Å². The number of nitrogens with zero attached hydrogens (tertiary/aromatic N) is 2. The van der Waals surface area contributed by atoms with Gasteiger partial charge < -0.3 is 4.90 Å². The molecule has 0 aliphatic heterocycles. The van der Waals surface area contributed by atoms with E-state index < -0.39 is 0 Å². The first-order valence-electron chi connectivity index (χ1n) is 4.27. The topological polar surface area (TPSA) is 18.5 Å². The molecule has 68 valence electrons. The molecule has 0 bridgehead atoms. The molecule has 11 heavy (non-hydrogen) atoms. The predicted octanol–water partition coefficient (Wildman–Crippen LogP) is 0.394. The van der Waals surface area contributed by atoms with Gasteiger partial charge in [-0.25, -0.2) is 5.01 Å². The number of likely N-dealkylation sites (N-methyl/N-ethyl adjacent to an activating group) is 1. The average molecular weight is 159 g/mol. The van der Waals surface area contributed by atoms with Gasteiger partial charge in [0.2, 0.25) is 0 Å². The molecule has 0 saturated heterocycles. The summed E-state index contributed by atoms with van der Waals surface area (Å²) in [7, 11) is 6.17. The van der Waals surface area contributed by atoms with Crippen LogP contribution in [0.1, 0.15) is 13.3 Å². The zero-order valence-electron chi connectivity index (χ0n) is 8.22. The van der Waals surface area contributed by atoms with Gasteiger partial charge >= 0.3 is 0 Å². The minimum absolute atomic E-state index is 1.09. The standard InChI is InChI=1S/C8H21N3/c1-5-6-11(9-2)8-7-10(3)4/h9H,5-8H2,1-4H3. The highest BCUT2D eigenvalue weighted by Gasteiger charge is 1.99. The van der Waals surface area contributed by atoms with Gasteiger partial charge in [-0.05, 0) is 27.6 Å². The highest BCUT2D eigenvalue weighted by Crippen LogP contribution is 1.85. The maximum Gasteiger partial charge on any atom is 0.0258 e. The van der Waals surface area contributed by atoms with Crippen LogP contribution in [0.5, 0.6) is 0 Å². The Labute approximate surface area is 70.3 Å². The first-order valence-corrected chi connectivity index (χ1v) is 4.27. The largest absolute Gasteiger partial charge is 0.308 e. The lowest BCUT2D eigenvalue weighted by atomic mass is 10.4. The first-order chi connectivity index (χ1) is 5.20. The number of hydrazine groups is 1. The summed E-state index contributed by atoms with van der Waals surface area (Å²) in [5.74, 6) is 0. The van der Waals surface area contributed by atoms with Gasteiger partial charge in [0.1, 0.15) is 0 Å². The summed E-state index contributed by atoms with van der Waals surface area (Å²) in [6.07, 6.45) is 1.20. The van der Waals surface area contributed by atoms with Crippen molar-refractivity contribution in [1.29, 1.82) is 0 Å². The van der Waals surface area contributed by atoms with Crippen molar-refractivity contribution >= 4 is 0 Å². The van der Waals surface area contributed by atoms with E-state index in [1.165, 1.54) is 6.42 Å². The first kappa shape index (κ1) is 10.9. The van der Waals surface area contributed by atoms with Crippen molar-refractivity contribution in [2.75, 3.05) is 40.8 Å². The van der Waals surface area contributed by atoms with Crippen LogP contribution in [-0.2, 0) is 0 Å². The molecule has 0 amide bonds. The van der Waals surface area contributed by atoms with Crippen molar-refractivity contribution in [1.82, 2.24) is 15.3 Å². The van der Waals surface area contributed by atoms with E-state index in [1.54, 1.807) is 0 Å². The molecule has 3 heteroatoms. The van der Waals surface area contributed by atoms with Gasteiger partial charge in [0.25, 0.3) is 0 Å². The molecule has 0 aromatic carbocycles. The molecule has 0 rings (SSSR count). The molecule has 0 aromatic rings. The monoisotopic (exact) mass is 159 g/mol. The molecule has 0 aromatic heterocycles. The lowest BCUT2D eigenvalue weighted by Crippen LogP contribution is -2.40. The van der Waals surface area contributed by atoms with Crippen LogP contribution in [0, 0.1) is 0 Å². The third-order valence-electron chi connectivity index (χ3n) is 1.63. The van der Waals surface area contributed by atoms with E-state index in [0.717, 1.165) is 19.6 Å². The van der Waals surface area contributed by atoms with Crippen molar-refractivity contribution < 1.29 is 0 Å². The minimum atomic E-state index is 1.09. The summed E-state index contributed by atoms with van der Waals surface area (Å²) in [5.41, 5.74) is 3.16. The van der Waals surface area contributed by atoms with Crippen LogP contribution in [0.2, 0.25) is 0 Å². The number of rotatable bonds is 6. The second-order valence-corrected chi connectivity index (χ2v) is 3.01. The van der Waals surface area contributed by atoms with Crippen molar-refractivity contribution in [3.63, 3.8) is 0 Å². The van der Waals surface area contributed by atoms with Gasteiger partial charge in [-0.3, -0.25) is 5.43 Å². The Hall–Kier alpha value is -0.120. The summed E-state index contributed by atoms with van der Waals surface area (Å²) in [6, 6.07) is 0. The molecule has 0 spiro atoms. The normalized spacial score (nSPS) is 11.5. The second-order valence-electron chi connectivity index (χ2n) is 3.01. The lowest BCUT2D eigenvalue weighted by Gasteiger charge is -2.22. The van der Waals surface area contributed by atoms with Crippen LogP contribution in [0.15, 0.2) is 0 Å². The van der Waals surface area contributed by atoms with Crippen LogP contribution >= 0.6 is 0 Å². The summed E-state index contributed by atoms with van der Waals surface area (Å²) >= 11 is 0. The molecule has 0 heterocycles. The maximum atomic E-state index is 3.16. The molecular formula is C8H21N3. The molecule has 0 unspecified atom stereocenters. The van der Waals surface area contributed by atoms with Crippen molar-refractivity contribution in [3.8, 4) is 0 Å². The molecular weight excluding hydrogens is 138 g/mol. The van der Waals surface area contributed by atoms with E-state index in [0.29, 0.717) is 0 Å². The third-order valence-corrected chi connectivity index (χ3v) is 1.63. The molecule has 0 aliphatic rings. The zero-order chi connectivity index (χ0) is 8.69. The fourth-order valence-corrected chi connectivity index (χ4v) is 0.926. The summed E-state index contributed by atoms with van der Waals surface area (Å²) in [5, 5.41) is 2.24. The van der Waals surface area contributed by atoms with Gasteiger partial charge in [-0.1, -0.05) is 6.92 Å². The van der Waals surface area contributed by atoms with Gasteiger partial charge in [0, 0.05) is 19.6 Å². The van der Waals surface area contributed by atoms with E-state index in [-0.39, 0.29) is 0 Å². The summed E-state index contributed by atoms with van der Waals surface area (Å²) < 4.78 is 0. The number of hydrogen-bond donors (Lipinski definition) is 1. The Morgan fingerprint density at radius 1 is 1.09 bits per heavy atom. The Bertz CT molecular complexity index is 83.4. The van der Waals surface area contributed by atoms with E-state index in [4.69, 9.17) is 0 Å². The van der Waals surface area contributed by atoms with Gasteiger partial charge in [-0.15, -0.1) is 0 Å². The molecule has 0 saturated carbocycles. The predicted molar refractivity (Wildman–Crippen MR) is 49.5 cm³/mol. The smallest absolute Gasteiger partial charge is 0.0258 e. The average Bonchev–Trinajstić information content (AvgIpc) is 1.97. The van der Waals surface area contributed by atoms with Crippen LogP contribution in [0.25, 0.3) is 0 Å². The Balaban J connectivity index is 3.35. The molecule has 1 N–H and O–H groups in total. The van der Waals surface area contributed by atoms with E-state index in [1.807, 2.05) is 7.05 Å². The third kappa shape index (κ3) is 6.28. The van der Waals surface area contributed by atoms with Crippen molar-refractivity contribution in [3.05, 3.63) is 0 Å². The molecule has 0 atom stereocenters. The summed E-state index contributed by atoms with van der Waals surface area (Å²) in [4.78, 5) is 2.19. The van der Waals surface area contributed by atoms with Gasteiger partial charge in [0.15, 0.2) is 0 Å². The number of hydrogen-bond acceptors (Lipinski definition) is 3. The second kappa shape index (κ2) is 6.58. The van der Waals surface area contributed by atoms with Crippen LogP contribution in [0.4, 0.5) is 0 Å². The lowest BCUT2D eigenvalue weighted by molar-refractivity contribution is 0.187. The Kier molecular flexibility index (Phi) is 6.51. The van der Waals surface area contributed by atoms with Crippen molar-refractivity contribution in [2.45, 2.75) is 13.3 Å². The van der Waals surface area contributed by atoms with Crippen LogP contribution in [-0.4, -0.2) is 50.7 Å². The Morgan fingerprint density at radius 3 is 2.09 bits per heavy atom. The van der Waals surface area contributed by atoms with Gasteiger partial charge in [-0.2, -0.15) is 0 Å². The molecule has 3 nitrogen and oxygen atoms in total. The Morgan fingerprint density at radius 2 is 1.73 bits per heavy atom. The molecule has 0 aliphatic carbocycles. The minimum Gasteiger partial charge on any atom is -0.308 e. The maximum absolute atomic E-state index is 3.16. The van der Waals surface area contributed by atoms with E-state index in [2.05, 4.69) is 36.4 Å². The fraction of sp³-hybridized carbons (Fsp3) is 1.00. The summed E-state index contributed by atoms with van der Waals surface area (Å²) in [6.45, 7) is 5.53. The highest BCUT2D eigenvalue weighted by molar-refractivity contribution is 4.51. The fourth-order valence-electron chi connectivity index (χ4n) is 0.926. The number of nitrogens with one attached hydrogen (secondary N) is 1.